The van der Waals surface area contributed by atoms with E-state index in [4.69, 9.17) is 0 Å². The molecule has 1 aliphatic carbocycles. The van der Waals surface area contributed by atoms with Crippen molar-refractivity contribution >= 4 is 11.6 Å². The minimum atomic E-state index is 0.0914. The molecular formula is C18H28N2O. The highest BCUT2D eigenvalue weighted by Gasteiger charge is 2.19. The molecule has 0 radical (unpaired) electrons. The number of carbonyl (C=O) groups is 1. The maximum absolute atomic E-state index is 12.2. The molecule has 0 spiro atoms. The van der Waals surface area contributed by atoms with Crippen LogP contribution in [0.15, 0.2) is 18.2 Å². The molecule has 0 bridgehead atoms. The molecule has 1 fully saturated rings. The van der Waals surface area contributed by atoms with Crippen LogP contribution in [0.3, 0.4) is 0 Å². The van der Waals surface area contributed by atoms with Gasteiger partial charge < -0.3 is 5.32 Å². The number of hydrogen-bond acceptors (Lipinski definition) is 2. The van der Waals surface area contributed by atoms with Crippen molar-refractivity contribution in [2.75, 3.05) is 18.9 Å². The molecule has 3 heteroatoms. The molecule has 1 aliphatic rings. The predicted molar refractivity (Wildman–Crippen MR) is 88.7 cm³/mol. The molecular weight excluding hydrogens is 260 g/mol. The van der Waals surface area contributed by atoms with Crippen molar-refractivity contribution in [2.45, 2.75) is 58.4 Å². The topological polar surface area (TPSA) is 32.3 Å². The third-order valence-corrected chi connectivity index (χ3v) is 4.50. The van der Waals surface area contributed by atoms with E-state index in [0.29, 0.717) is 12.6 Å². The Labute approximate surface area is 128 Å². The number of aryl methyl sites for hydroxylation is 2. The van der Waals surface area contributed by atoms with Crippen LogP contribution in [0.5, 0.6) is 0 Å². The summed E-state index contributed by atoms with van der Waals surface area (Å²) in [5.41, 5.74) is 3.28. The molecule has 1 amide bonds. The van der Waals surface area contributed by atoms with Gasteiger partial charge in [0.05, 0.1) is 6.54 Å². The Morgan fingerprint density at radius 2 is 1.86 bits per heavy atom. The maximum Gasteiger partial charge on any atom is 0.238 e. The van der Waals surface area contributed by atoms with Crippen molar-refractivity contribution < 1.29 is 4.79 Å². The lowest BCUT2D eigenvalue weighted by atomic mass is 10.1. The summed E-state index contributed by atoms with van der Waals surface area (Å²) in [6, 6.07) is 6.70. The van der Waals surface area contributed by atoms with Crippen LogP contribution in [0.25, 0.3) is 0 Å². The number of nitrogens with zero attached hydrogens (tertiary/aromatic N) is 1. The lowest BCUT2D eigenvalue weighted by molar-refractivity contribution is -0.117. The zero-order valence-electron chi connectivity index (χ0n) is 13.6. The number of likely N-dealkylation sites (N-methyl/N-ethyl adjacent to an activating group) is 1. The number of benzene rings is 1. The van der Waals surface area contributed by atoms with Gasteiger partial charge in [0, 0.05) is 11.7 Å². The molecule has 0 unspecified atom stereocenters. The zero-order valence-corrected chi connectivity index (χ0v) is 13.6. The summed E-state index contributed by atoms with van der Waals surface area (Å²) in [4.78, 5) is 14.5. The van der Waals surface area contributed by atoms with Crippen LogP contribution in [0, 0.1) is 13.8 Å². The van der Waals surface area contributed by atoms with E-state index in [0.717, 1.165) is 11.3 Å². The molecule has 3 nitrogen and oxygen atoms in total. The monoisotopic (exact) mass is 288 g/mol. The lowest BCUT2D eigenvalue weighted by Crippen LogP contribution is -2.37. The molecule has 2 rings (SSSR count). The smallest absolute Gasteiger partial charge is 0.238 e. The summed E-state index contributed by atoms with van der Waals surface area (Å²) < 4.78 is 0. The van der Waals surface area contributed by atoms with E-state index in [1.807, 2.05) is 19.1 Å². The van der Waals surface area contributed by atoms with Crippen LogP contribution in [0.2, 0.25) is 0 Å². The molecule has 1 aromatic carbocycles. The number of rotatable bonds is 4. The van der Waals surface area contributed by atoms with E-state index in [9.17, 15) is 4.79 Å². The molecule has 1 saturated carbocycles. The van der Waals surface area contributed by atoms with Gasteiger partial charge in [0.15, 0.2) is 0 Å². The van der Waals surface area contributed by atoms with Gasteiger partial charge in [-0.3, -0.25) is 9.69 Å². The van der Waals surface area contributed by atoms with Gasteiger partial charge in [0.25, 0.3) is 0 Å². The summed E-state index contributed by atoms with van der Waals surface area (Å²) in [5, 5.41) is 3.04. The first-order chi connectivity index (χ1) is 10.1. The van der Waals surface area contributed by atoms with E-state index in [-0.39, 0.29) is 5.91 Å². The molecule has 0 atom stereocenters. The predicted octanol–water partition coefficient (Wildman–Crippen LogP) is 3.90. The maximum atomic E-state index is 12.2. The summed E-state index contributed by atoms with van der Waals surface area (Å²) in [7, 11) is 2.08. The van der Waals surface area contributed by atoms with E-state index in [1.54, 1.807) is 0 Å². The Kier molecular flexibility index (Phi) is 5.80. The Hall–Kier alpha value is -1.35. The second-order valence-corrected chi connectivity index (χ2v) is 6.43. The highest BCUT2D eigenvalue weighted by Crippen LogP contribution is 2.21. The summed E-state index contributed by atoms with van der Waals surface area (Å²) in [6.45, 7) is 4.59. The Morgan fingerprint density at radius 1 is 1.19 bits per heavy atom. The zero-order chi connectivity index (χ0) is 15.2. The number of nitrogens with one attached hydrogen (secondary N) is 1. The minimum Gasteiger partial charge on any atom is -0.325 e. The Morgan fingerprint density at radius 3 is 2.48 bits per heavy atom. The molecule has 21 heavy (non-hydrogen) atoms. The van der Waals surface area contributed by atoms with Crippen LogP contribution < -0.4 is 5.32 Å². The van der Waals surface area contributed by atoms with Gasteiger partial charge in [-0.15, -0.1) is 0 Å². The second-order valence-electron chi connectivity index (χ2n) is 6.43. The third kappa shape index (κ3) is 4.85. The third-order valence-electron chi connectivity index (χ3n) is 4.50. The van der Waals surface area contributed by atoms with Crippen molar-refractivity contribution in [2.24, 2.45) is 0 Å². The van der Waals surface area contributed by atoms with E-state index in [1.165, 1.54) is 44.1 Å². The second kappa shape index (κ2) is 7.60. The molecule has 1 N–H and O–H groups in total. The molecule has 0 heterocycles. The van der Waals surface area contributed by atoms with E-state index >= 15 is 0 Å². The molecule has 0 aliphatic heterocycles. The number of carbonyl (C=O) groups excluding carboxylic acids is 1. The minimum absolute atomic E-state index is 0.0914. The van der Waals surface area contributed by atoms with Crippen molar-refractivity contribution in [3.63, 3.8) is 0 Å². The summed E-state index contributed by atoms with van der Waals surface area (Å²) >= 11 is 0. The molecule has 1 aromatic rings. The standard InChI is InChI=1S/C18H28N2O/c1-14-10-11-17(15(2)12-14)19-18(21)13-20(3)16-8-6-4-5-7-9-16/h10-12,16H,4-9,13H2,1-3H3,(H,19,21). The van der Waals surface area contributed by atoms with Crippen LogP contribution >= 0.6 is 0 Å². The fraction of sp³-hybridized carbons (Fsp3) is 0.611. The highest BCUT2D eigenvalue weighted by molar-refractivity contribution is 5.93. The lowest BCUT2D eigenvalue weighted by Gasteiger charge is -2.26. The van der Waals surface area contributed by atoms with Crippen molar-refractivity contribution in [3.8, 4) is 0 Å². The largest absolute Gasteiger partial charge is 0.325 e. The van der Waals surface area contributed by atoms with Crippen LogP contribution in [-0.2, 0) is 4.79 Å². The average Bonchev–Trinajstić information content (AvgIpc) is 2.71. The van der Waals surface area contributed by atoms with Crippen LogP contribution in [0.1, 0.15) is 49.7 Å². The molecule has 0 aromatic heterocycles. The first-order valence-electron chi connectivity index (χ1n) is 8.13. The quantitative estimate of drug-likeness (QED) is 0.852. The molecule has 0 saturated heterocycles. The normalized spacial score (nSPS) is 16.8. The van der Waals surface area contributed by atoms with Crippen molar-refractivity contribution in [1.82, 2.24) is 4.90 Å². The first-order valence-corrected chi connectivity index (χ1v) is 8.13. The van der Waals surface area contributed by atoms with E-state index < -0.39 is 0 Å². The first kappa shape index (κ1) is 16.0. The number of amides is 1. The van der Waals surface area contributed by atoms with Crippen molar-refractivity contribution in [3.05, 3.63) is 29.3 Å². The number of anilines is 1. The summed E-state index contributed by atoms with van der Waals surface area (Å²) in [6.07, 6.45) is 7.75. The van der Waals surface area contributed by atoms with Gasteiger partial charge in [-0.1, -0.05) is 43.4 Å². The van der Waals surface area contributed by atoms with Gasteiger partial charge in [-0.2, -0.15) is 0 Å². The van der Waals surface area contributed by atoms with Gasteiger partial charge in [0.1, 0.15) is 0 Å². The van der Waals surface area contributed by atoms with Crippen LogP contribution in [-0.4, -0.2) is 30.4 Å². The fourth-order valence-electron chi connectivity index (χ4n) is 3.20. The Bertz CT molecular complexity index is 476. The molecule has 116 valence electrons. The van der Waals surface area contributed by atoms with Crippen LogP contribution in [0.4, 0.5) is 5.69 Å². The van der Waals surface area contributed by atoms with E-state index in [2.05, 4.69) is 30.3 Å². The summed E-state index contributed by atoms with van der Waals surface area (Å²) in [5.74, 6) is 0.0914. The average molecular weight is 288 g/mol. The van der Waals surface area contributed by atoms with Gasteiger partial charge in [-0.05, 0) is 45.4 Å². The fourth-order valence-corrected chi connectivity index (χ4v) is 3.20. The van der Waals surface area contributed by atoms with Gasteiger partial charge in [0.2, 0.25) is 5.91 Å². The van der Waals surface area contributed by atoms with Crippen molar-refractivity contribution in [1.29, 1.82) is 0 Å². The van der Waals surface area contributed by atoms with Gasteiger partial charge >= 0.3 is 0 Å². The SMILES string of the molecule is Cc1ccc(NC(=O)CN(C)C2CCCCCC2)c(C)c1. The van der Waals surface area contributed by atoms with Gasteiger partial charge in [-0.25, -0.2) is 0 Å². The highest BCUT2D eigenvalue weighted by atomic mass is 16.2. The number of hydrogen-bond donors (Lipinski definition) is 1. The Balaban J connectivity index is 1.88.